The van der Waals surface area contributed by atoms with Crippen LogP contribution in [-0.4, -0.2) is 30.9 Å². The fraction of sp³-hybridized carbons (Fsp3) is 0.241. The van der Waals surface area contributed by atoms with E-state index in [0.29, 0.717) is 28.4 Å². The molecule has 0 atom stereocenters. The highest BCUT2D eigenvalue weighted by Gasteiger charge is 2.28. The van der Waals surface area contributed by atoms with E-state index in [1.54, 1.807) is 45.0 Å². The molecule has 3 aromatic rings. The van der Waals surface area contributed by atoms with Gasteiger partial charge in [0, 0.05) is 11.3 Å². The van der Waals surface area contributed by atoms with E-state index in [1.165, 1.54) is 6.08 Å². The number of allylic oxidation sites excluding steroid dienone is 1. The first-order valence-corrected chi connectivity index (χ1v) is 12.6. The van der Waals surface area contributed by atoms with Crippen LogP contribution in [0.4, 0.5) is 0 Å². The van der Waals surface area contributed by atoms with Crippen LogP contribution in [0, 0.1) is 18.3 Å². The van der Waals surface area contributed by atoms with Gasteiger partial charge in [-0.2, -0.15) is 5.26 Å². The van der Waals surface area contributed by atoms with Crippen molar-refractivity contribution in [3.05, 3.63) is 92.2 Å². The molecule has 37 heavy (non-hydrogen) atoms. The summed E-state index contributed by atoms with van der Waals surface area (Å²) >= 11 is 1.01. The number of thiophene rings is 1. The third-order valence-corrected chi connectivity index (χ3v) is 6.61. The summed E-state index contributed by atoms with van der Waals surface area (Å²) in [6.45, 7) is 5.72. The molecule has 0 aliphatic rings. The topological polar surface area (TPSA) is 103 Å². The Bertz CT molecular complexity index is 1330. The Kier molecular flexibility index (Phi) is 9.76. The van der Waals surface area contributed by atoms with Crippen LogP contribution < -0.4 is 4.74 Å². The molecule has 1 heterocycles. The normalized spacial score (nSPS) is 10.9. The molecule has 0 saturated carbocycles. The Balaban J connectivity index is 1.79. The molecular formula is C29H27NO6S. The van der Waals surface area contributed by atoms with Gasteiger partial charge in [0.2, 0.25) is 0 Å². The van der Waals surface area contributed by atoms with Crippen LogP contribution in [0.5, 0.6) is 5.75 Å². The van der Waals surface area contributed by atoms with Gasteiger partial charge in [-0.25, -0.2) is 9.59 Å². The molecule has 0 unspecified atom stereocenters. The summed E-state index contributed by atoms with van der Waals surface area (Å²) in [5.74, 6) is -1.01. The lowest BCUT2D eigenvalue weighted by molar-refractivity contribution is -0.114. The minimum absolute atomic E-state index is 0.0727. The third-order valence-electron chi connectivity index (χ3n) is 5.34. The van der Waals surface area contributed by atoms with E-state index in [9.17, 15) is 19.6 Å². The Hall–Kier alpha value is -4.22. The van der Waals surface area contributed by atoms with Gasteiger partial charge in [0.1, 0.15) is 23.3 Å². The predicted octanol–water partition coefficient (Wildman–Crippen LogP) is 5.71. The highest BCUT2D eigenvalue weighted by Crippen LogP contribution is 2.31. The molecule has 0 bridgehead atoms. The second-order valence-electron chi connectivity index (χ2n) is 7.91. The average molecular weight is 518 g/mol. The number of Topliss-reactive ketones (excluding diaryl/α,β-unsaturated/α-hetero) is 1. The molecule has 0 aliphatic heterocycles. The largest absolute Gasteiger partial charge is 0.489 e. The fourth-order valence-corrected chi connectivity index (χ4v) is 4.73. The molecule has 7 nitrogen and oxygen atoms in total. The first-order valence-electron chi connectivity index (χ1n) is 11.8. The van der Waals surface area contributed by atoms with Crippen LogP contribution in [0.3, 0.4) is 0 Å². The molecule has 0 amide bonds. The summed E-state index contributed by atoms with van der Waals surface area (Å²) in [6.07, 6.45) is 1.26. The smallest absolute Gasteiger partial charge is 0.348 e. The summed E-state index contributed by atoms with van der Waals surface area (Å²) in [5, 5.41) is 9.66. The Morgan fingerprint density at radius 2 is 1.59 bits per heavy atom. The lowest BCUT2D eigenvalue weighted by Crippen LogP contribution is -2.12. The molecule has 0 spiro atoms. The van der Waals surface area contributed by atoms with Gasteiger partial charge in [-0.15, -0.1) is 11.3 Å². The van der Waals surface area contributed by atoms with Gasteiger partial charge < -0.3 is 14.2 Å². The molecule has 0 fully saturated rings. The summed E-state index contributed by atoms with van der Waals surface area (Å²) in [6, 6.07) is 18.8. The Morgan fingerprint density at radius 1 is 0.946 bits per heavy atom. The van der Waals surface area contributed by atoms with Gasteiger partial charge in [0.05, 0.1) is 24.4 Å². The van der Waals surface area contributed by atoms with E-state index in [0.717, 1.165) is 16.9 Å². The van der Waals surface area contributed by atoms with Crippen molar-refractivity contribution in [1.29, 1.82) is 5.26 Å². The Morgan fingerprint density at radius 3 is 2.22 bits per heavy atom. The van der Waals surface area contributed by atoms with Crippen molar-refractivity contribution >= 4 is 35.1 Å². The Labute approximate surface area is 219 Å². The van der Waals surface area contributed by atoms with Crippen LogP contribution in [0.15, 0.2) is 60.2 Å². The van der Waals surface area contributed by atoms with Crippen LogP contribution in [0.2, 0.25) is 0 Å². The van der Waals surface area contributed by atoms with Crippen molar-refractivity contribution in [2.75, 3.05) is 13.2 Å². The van der Waals surface area contributed by atoms with Gasteiger partial charge in [-0.05, 0) is 55.7 Å². The van der Waals surface area contributed by atoms with Crippen molar-refractivity contribution in [1.82, 2.24) is 0 Å². The van der Waals surface area contributed by atoms with E-state index in [1.807, 2.05) is 36.4 Å². The molecule has 8 heteroatoms. The van der Waals surface area contributed by atoms with Crippen molar-refractivity contribution in [2.24, 2.45) is 0 Å². The van der Waals surface area contributed by atoms with E-state index < -0.39 is 17.7 Å². The number of esters is 2. The van der Waals surface area contributed by atoms with Crippen molar-refractivity contribution in [2.45, 2.75) is 33.8 Å². The van der Waals surface area contributed by atoms with Gasteiger partial charge in [-0.1, -0.05) is 42.5 Å². The lowest BCUT2D eigenvalue weighted by Gasteiger charge is -2.07. The zero-order valence-corrected chi connectivity index (χ0v) is 21.7. The number of ketones is 1. The first kappa shape index (κ1) is 27.4. The molecule has 190 valence electrons. The number of rotatable bonds is 11. The van der Waals surface area contributed by atoms with Crippen molar-refractivity contribution < 1.29 is 28.6 Å². The summed E-state index contributed by atoms with van der Waals surface area (Å²) < 4.78 is 16.0. The fourth-order valence-electron chi connectivity index (χ4n) is 3.54. The molecule has 0 saturated heterocycles. The number of carbonyl (C=O) groups excluding carboxylic acids is 3. The maximum atomic E-state index is 13.0. The minimum atomic E-state index is -0.622. The van der Waals surface area contributed by atoms with E-state index in [4.69, 9.17) is 14.2 Å². The van der Waals surface area contributed by atoms with E-state index in [-0.39, 0.29) is 35.6 Å². The van der Waals surface area contributed by atoms with E-state index >= 15 is 0 Å². The van der Waals surface area contributed by atoms with E-state index in [2.05, 4.69) is 0 Å². The third kappa shape index (κ3) is 7.15. The second-order valence-corrected chi connectivity index (χ2v) is 9.01. The van der Waals surface area contributed by atoms with Crippen LogP contribution in [0.1, 0.15) is 55.4 Å². The predicted molar refractivity (Wildman–Crippen MR) is 140 cm³/mol. The molecule has 0 aliphatic carbocycles. The summed E-state index contributed by atoms with van der Waals surface area (Å²) in [7, 11) is 0. The molecule has 0 radical (unpaired) electrons. The number of nitrogens with zero attached hydrogens (tertiary/aromatic N) is 1. The standard InChI is InChI=1S/C29H27NO6S/c1-4-34-28(32)26-19(3)27(29(33)35-5-2)37-25(26)16-24(31)22(17-30)15-20-11-13-23(14-12-20)36-18-21-9-7-6-8-10-21/h6-15H,4-5,16,18H2,1-3H3/b22-15+. The van der Waals surface area contributed by atoms with Gasteiger partial charge in [0.15, 0.2) is 5.78 Å². The quantitative estimate of drug-likeness (QED) is 0.182. The highest BCUT2D eigenvalue weighted by molar-refractivity contribution is 7.14. The summed E-state index contributed by atoms with van der Waals surface area (Å²) in [4.78, 5) is 38.6. The monoisotopic (exact) mass is 517 g/mol. The van der Waals surface area contributed by atoms with Crippen molar-refractivity contribution in [3.63, 3.8) is 0 Å². The first-order chi connectivity index (χ1) is 17.9. The summed E-state index contributed by atoms with van der Waals surface area (Å²) in [5.41, 5.74) is 2.19. The van der Waals surface area contributed by atoms with Crippen LogP contribution >= 0.6 is 11.3 Å². The number of hydrogen-bond acceptors (Lipinski definition) is 8. The molecule has 0 N–H and O–H groups in total. The maximum Gasteiger partial charge on any atom is 0.348 e. The van der Waals surface area contributed by atoms with Crippen LogP contribution in [0.25, 0.3) is 6.08 Å². The SMILES string of the molecule is CCOC(=O)c1sc(CC(=O)/C(C#N)=C/c2ccc(OCc3ccccc3)cc2)c(C(=O)OCC)c1C. The zero-order chi connectivity index (χ0) is 26.8. The molecule has 1 aromatic heterocycles. The van der Waals surface area contributed by atoms with Crippen LogP contribution in [-0.2, 0) is 27.3 Å². The molecular weight excluding hydrogens is 490 g/mol. The number of benzene rings is 2. The number of nitriles is 1. The maximum absolute atomic E-state index is 13.0. The molecule has 3 rings (SSSR count). The number of carbonyl (C=O) groups is 3. The minimum Gasteiger partial charge on any atom is -0.489 e. The van der Waals surface area contributed by atoms with Crippen molar-refractivity contribution in [3.8, 4) is 11.8 Å². The van der Waals surface area contributed by atoms with Gasteiger partial charge in [0.25, 0.3) is 0 Å². The second kappa shape index (κ2) is 13.2. The van der Waals surface area contributed by atoms with Gasteiger partial charge in [-0.3, -0.25) is 4.79 Å². The number of hydrogen-bond donors (Lipinski definition) is 0. The number of ether oxygens (including phenoxy) is 3. The zero-order valence-electron chi connectivity index (χ0n) is 20.9. The van der Waals surface area contributed by atoms with Gasteiger partial charge >= 0.3 is 11.9 Å². The average Bonchev–Trinajstić information content (AvgIpc) is 3.23. The highest BCUT2D eigenvalue weighted by atomic mass is 32.1. The molecule has 2 aromatic carbocycles. The lowest BCUT2D eigenvalue weighted by atomic mass is 10.0.